The highest BCUT2D eigenvalue weighted by Crippen LogP contribution is 2.23. The van der Waals surface area contributed by atoms with Crippen molar-refractivity contribution in [3.8, 4) is 0 Å². The molecule has 3 heteroatoms. The summed E-state index contributed by atoms with van der Waals surface area (Å²) in [5.74, 6) is 0. The van der Waals surface area contributed by atoms with Gasteiger partial charge in [0.2, 0.25) is 0 Å². The summed E-state index contributed by atoms with van der Waals surface area (Å²) < 4.78 is 1.20. The quantitative estimate of drug-likeness (QED) is 0.779. The van der Waals surface area contributed by atoms with Gasteiger partial charge < -0.3 is 10.2 Å². The summed E-state index contributed by atoms with van der Waals surface area (Å²) >= 11 is 3.62. The number of nitrogens with one attached hydrogen (secondary N) is 1. The zero-order valence-electron chi connectivity index (χ0n) is 12.7. The lowest BCUT2D eigenvalue weighted by Crippen LogP contribution is -2.40. The molecule has 0 aliphatic carbocycles. The van der Waals surface area contributed by atoms with E-state index in [1.165, 1.54) is 16.5 Å². The molecular formula is C16H27BrN2. The number of hydrogen-bond donors (Lipinski definition) is 1. The molecule has 1 rings (SSSR count). The molecule has 0 saturated carbocycles. The van der Waals surface area contributed by atoms with Crippen molar-refractivity contribution in [1.29, 1.82) is 0 Å². The molecule has 19 heavy (non-hydrogen) atoms. The fourth-order valence-electron chi connectivity index (χ4n) is 2.34. The van der Waals surface area contributed by atoms with Crippen molar-refractivity contribution in [3.63, 3.8) is 0 Å². The van der Waals surface area contributed by atoms with Gasteiger partial charge >= 0.3 is 0 Å². The van der Waals surface area contributed by atoms with Gasteiger partial charge in [0.25, 0.3) is 0 Å². The molecule has 0 radical (unpaired) electrons. The van der Waals surface area contributed by atoms with Crippen molar-refractivity contribution in [2.75, 3.05) is 26.7 Å². The van der Waals surface area contributed by atoms with Crippen molar-refractivity contribution in [2.45, 2.75) is 33.7 Å². The fourth-order valence-corrected chi connectivity index (χ4v) is 2.75. The molecule has 1 aromatic carbocycles. The molecule has 1 N–H and O–H groups in total. The first-order valence-corrected chi connectivity index (χ1v) is 7.92. The van der Waals surface area contributed by atoms with Crippen LogP contribution >= 0.6 is 15.9 Å². The molecule has 0 saturated heterocycles. The molecular weight excluding hydrogens is 300 g/mol. The van der Waals surface area contributed by atoms with Gasteiger partial charge in [-0.3, -0.25) is 0 Å². The van der Waals surface area contributed by atoms with Crippen molar-refractivity contribution in [3.05, 3.63) is 34.3 Å². The molecule has 0 aliphatic rings. The topological polar surface area (TPSA) is 15.3 Å². The third kappa shape index (κ3) is 5.64. The average Bonchev–Trinajstić information content (AvgIpc) is 2.39. The van der Waals surface area contributed by atoms with E-state index in [-0.39, 0.29) is 0 Å². The van der Waals surface area contributed by atoms with Crippen LogP contribution in [0.15, 0.2) is 28.7 Å². The molecule has 108 valence electrons. The minimum Gasteiger partial charge on any atom is -0.316 e. The summed E-state index contributed by atoms with van der Waals surface area (Å²) in [5, 5.41) is 3.48. The number of nitrogens with zero attached hydrogens (tertiary/aromatic N) is 1. The summed E-state index contributed by atoms with van der Waals surface area (Å²) in [7, 11) is 2.21. The minimum absolute atomic E-state index is 0.339. The average molecular weight is 327 g/mol. The third-order valence-electron chi connectivity index (χ3n) is 3.71. The molecule has 0 bridgehead atoms. The maximum atomic E-state index is 3.62. The summed E-state index contributed by atoms with van der Waals surface area (Å²) in [5.41, 5.74) is 1.69. The van der Waals surface area contributed by atoms with Gasteiger partial charge in [-0.2, -0.15) is 0 Å². The molecule has 0 heterocycles. The Hall–Kier alpha value is -0.380. The summed E-state index contributed by atoms with van der Waals surface area (Å²) in [6, 6.07) is 8.47. The zero-order valence-corrected chi connectivity index (χ0v) is 14.3. The summed E-state index contributed by atoms with van der Waals surface area (Å²) in [4.78, 5) is 2.42. The van der Waals surface area contributed by atoms with Crippen molar-refractivity contribution in [2.24, 2.45) is 5.41 Å². The van der Waals surface area contributed by atoms with Gasteiger partial charge in [-0.15, -0.1) is 0 Å². The first kappa shape index (κ1) is 16.7. The Bertz CT molecular complexity index is 381. The van der Waals surface area contributed by atoms with Gasteiger partial charge in [0.15, 0.2) is 0 Å². The van der Waals surface area contributed by atoms with E-state index in [9.17, 15) is 0 Å². The Kier molecular flexibility index (Phi) is 7.05. The van der Waals surface area contributed by atoms with E-state index in [0.29, 0.717) is 5.41 Å². The highest BCUT2D eigenvalue weighted by molar-refractivity contribution is 9.10. The van der Waals surface area contributed by atoms with E-state index in [1.54, 1.807) is 0 Å². The van der Waals surface area contributed by atoms with Crippen molar-refractivity contribution in [1.82, 2.24) is 10.2 Å². The second-order valence-corrected chi connectivity index (χ2v) is 6.56. The first-order chi connectivity index (χ1) is 9.00. The monoisotopic (exact) mass is 326 g/mol. The van der Waals surface area contributed by atoms with Crippen LogP contribution in [0.5, 0.6) is 0 Å². The Morgan fingerprint density at radius 1 is 1.26 bits per heavy atom. The minimum atomic E-state index is 0.339. The number of halogens is 1. The van der Waals surface area contributed by atoms with Crippen LogP contribution in [0.25, 0.3) is 0 Å². The Balaban J connectivity index is 2.58. The molecule has 1 aromatic rings. The second kappa shape index (κ2) is 8.03. The van der Waals surface area contributed by atoms with Crippen LogP contribution in [-0.4, -0.2) is 31.6 Å². The Morgan fingerprint density at radius 3 is 2.53 bits per heavy atom. The molecule has 1 unspecified atom stereocenters. The van der Waals surface area contributed by atoms with E-state index in [4.69, 9.17) is 0 Å². The molecule has 0 fully saturated rings. The highest BCUT2D eigenvalue weighted by Gasteiger charge is 2.23. The van der Waals surface area contributed by atoms with Crippen LogP contribution in [0.3, 0.4) is 0 Å². The largest absolute Gasteiger partial charge is 0.316 e. The van der Waals surface area contributed by atoms with Crippen molar-refractivity contribution >= 4 is 15.9 Å². The van der Waals surface area contributed by atoms with Gasteiger partial charge in [-0.05, 0) is 37.1 Å². The highest BCUT2D eigenvalue weighted by atomic mass is 79.9. The SMILES string of the molecule is CCNCC(C)(CC)CN(C)Cc1ccccc1Br. The normalized spacial score (nSPS) is 14.6. The number of benzene rings is 1. The lowest BCUT2D eigenvalue weighted by atomic mass is 9.86. The molecule has 0 aliphatic heterocycles. The van der Waals surface area contributed by atoms with Gasteiger partial charge in [-0.1, -0.05) is 54.9 Å². The Labute approximate surface area is 126 Å². The maximum absolute atomic E-state index is 3.62. The smallest absolute Gasteiger partial charge is 0.0242 e. The lowest BCUT2D eigenvalue weighted by molar-refractivity contribution is 0.176. The third-order valence-corrected chi connectivity index (χ3v) is 4.48. The predicted octanol–water partition coefficient (Wildman–Crippen LogP) is 3.91. The number of hydrogen-bond acceptors (Lipinski definition) is 2. The predicted molar refractivity (Wildman–Crippen MR) is 87.4 cm³/mol. The van der Waals surface area contributed by atoms with Crippen LogP contribution in [0.4, 0.5) is 0 Å². The van der Waals surface area contributed by atoms with Gasteiger partial charge in [0, 0.05) is 24.1 Å². The lowest BCUT2D eigenvalue weighted by Gasteiger charge is -2.33. The molecule has 0 spiro atoms. The first-order valence-electron chi connectivity index (χ1n) is 7.13. The molecule has 2 nitrogen and oxygen atoms in total. The van der Waals surface area contributed by atoms with Crippen LogP contribution in [0.2, 0.25) is 0 Å². The van der Waals surface area contributed by atoms with E-state index in [1.807, 2.05) is 0 Å². The molecule has 1 atom stereocenters. The van der Waals surface area contributed by atoms with E-state index >= 15 is 0 Å². The van der Waals surface area contributed by atoms with E-state index < -0.39 is 0 Å². The van der Waals surface area contributed by atoms with Crippen LogP contribution in [0.1, 0.15) is 32.8 Å². The summed E-state index contributed by atoms with van der Waals surface area (Å²) in [6.07, 6.45) is 1.19. The standard InChI is InChI=1S/C16H27BrN2/c1-5-16(3,12-18-6-2)13-19(4)11-14-9-7-8-10-15(14)17/h7-10,18H,5-6,11-13H2,1-4H3. The second-order valence-electron chi connectivity index (χ2n) is 5.71. The summed E-state index contributed by atoms with van der Waals surface area (Å²) in [6.45, 7) is 11.0. The zero-order chi connectivity index (χ0) is 14.3. The molecule has 0 amide bonds. The maximum Gasteiger partial charge on any atom is 0.0242 e. The van der Waals surface area contributed by atoms with Crippen LogP contribution in [-0.2, 0) is 6.54 Å². The van der Waals surface area contributed by atoms with Crippen LogP contribution < -0.4 is 5.32 Å². The fraction of sp³-hybridized carbons (Fsp3) is 0.625. The van der Waals surface area contributed by atoms with Crippen molar-refractivity contribution < 1.29 is 0 Å². The van der Waals surface area contributed by atoms with Gasteiger partial charge in [0.1, 0.15) is 0 Å². The van der Waals surface area contributed by atoms with E-state index in [0.717, 1.165) is 26.2 Å². The van der Waals surface area contributed by atoms with Gasteiger partial charge in [-0.25, -0.2) is 0 Å². The number of rotatable bonds is 8. The van der Waals surface area contributed by atoms with Gasteiger partial charge in [0.05, 0.1) is 0 Å². The van der Waals surface area contributed by atoms with Crippen LogP contribution in [0, 0.1) is 5.41 Å². The Morgan fingerprint density at radius 2 is 1.95 bits per heavy atom. The van der Waals surface area contributed by atoms with E-state index in [2.05, 4.69) is 78.2 Å². The molecule has 0 aromatic heterocycles.